The Labute approximate surface area is 129 Å². The first-order valence-electron chi connectivity index (χ1n) is 6.76. The molecule has 0 radical (unpaired) electrons. The molecule has 2 heterocycles. The molecule has 0 bridgehead atoms. The predicted octanol–water partition coefficient (Wildman–Crippen LogP) is 3.95. The number of oxazole rings is 1. The van der Waals surface area contributed by atoms with E-state index in [0.717, 1.165) is 17.0 Å². The smallest absolute Gasteiger partial charge is 0.445 e. The number of halogens is 3. The molecule has 0 aliphatic carbocycles. The fourth-order valence-electron chi connectivity index (χ4n) is 2.02. The summed E-state index contributed by atoms with van der Waals surface area (Å²) in [6.45, 7) is 3.70. The Morgan fingerprint density at radius 1 is 1.04 bits per heavy atom. The van der Waals surface area contributed by atoms with E-state index in [-0.39, 0.29) is 5.82 Å². The third kappa shape index (κ3) is 3.25. The van der Waals surface area contributed by atoms with Crippen molar-refractivity contribution < 1.29 is 22.1 Å². The third-order valence-electron chi connectivity index (χ3n) is 3.31. The summed E-state index contributed by atoms with van der Waals surface area (Å²) >= 11 is 0. The van der Waals surface area contributed by atoms with Gasteiger partial charge < -0.3 is 8.94 Å². The second kappa shape index (κ2) is 5.53. The third-order valence-corrected chi connectivity index (χ3v) is 3.31. The average molecular weight is 323 g/mol. The molecule has 0 saturated heterocycles. The van der Waals surface area contributed by atoms with E-state index < -0.39 is 12.1 Å². The van der Waals surface area contributed by atoms with Gasteiger partial charge in [-0.1, -0.05) is 29.4 Å². The molecule has 5 nitrogen and oxygen atoms in total. The van der Waals surface area contributed by atoms with Crippen LogP contribution in [-0.4, -0.2) is 15.1 Å². The van der Waals surface area contributed by atoms with E-state index in [1.165, 1.54) is 0 Å². The molecule has 0 saturated carbocycles. The van der Waals surface area contributed by atoms with Crippen molar-refractivity contribution in [3.63, 3.8) is 0 Å². The van der Waals surface area contributed by atoms with Gasteiger partial charge in [-0.25, -0.2) is 4.98 Å². The number of benzene rings is 1. The van der Waals surface area contributed by atoms with Crippen molar-refractivity contribution in [2.24, 2.45) is 0 Å². The second-order valence-electron chi connectivity index (χ2n) is 5.04. The van der Waals surface area contributed by atoms with Crippen molar-refractivity contribution in [3.05, 3.63) is 53.1 Å². The number of alkyl halides is 3. The molecule has 2 aromatic heterocycles. The summed E-state index contributed by atoms with van der Waals surface area (Å²) in [5.41, 5.74) is 2.19. The van der Waals surface area contributed by atoms with Crippen molar-refractivity contribution in [1.29, 1.82) is 0 Å². The van der Waals surface area contributed by atoms with Crippen LogP contribution in [-0.2, 0) is 12.6 Å². The van der Waals surface area contributed by atoms with Crippen molar-refractivity contribution in [3.8, 4) is 11.4 Å². The Morgan fingerprint density at radius 2 is 1.74 bits per heavy atom. The molecule has 0 N–H and O–H groups in total. The van der Waals surface area contributed by atoms with Crippen LogP contribution in [0.5, 0.6) is 0 Å². The van der Waals surface area contributed by atoms with Crippen molar-refractivity contribution in [2.75, 3.05) is 0 Å². The Morgan fingerprint density at radius 3 is 2.26 bits per heavy atom. The molecular weight excluding hydrogens is 311 g/mol. The van der Waals surface area contributed by atoms with Crippen LogP contribution in [0.2, 0.25) is 0 Å². The zero-order valence-corrected chi connectivity index (χ0v) is 12.3. The van der Waals surface area contributed by atoms with E-state index >= 15 is 0 Å². The van der Waals surface area contributed by atoms with Gasteiger partial charge in [0.2, 0.25) is 5.82 Å². The quantitative estimate of drug-likeness (QED) is 0.730. The molecular formula is C15H12F3N3O2. The van der Waals surface area contributed by atoms with Crippen LogP contribution in [0, 0.1) is 13.8 Å². The summed E-state index contributed by atoms with van der Waals surface area (Å²) in [5, 5.41) is 3.34. The van der Waals surface area contributed by atoms with Gasteiger partial charge in [-0.15, -0.1) is 0 Å². The number of nitrogens with zero attached hydrogens (tertiary/aromatic N) is 3. The Balaban J connectivity index is 1.78. The Bertz CT molecular complexity index is 800. The summed E-state index contributed by atoms with van der Waals surface area (Å²) in [6.07, 6.45) is -4.15. The van der Waals surface area contributed by atoms with Crippen LogP contribution in [0.15, 0.2) is 33.2 Å². The van der Waals surface area contributed by atoms with Gasteiger partial charge in [0.05, 0.1) is 5.69 Å². The minimum Gasteiger partial charge on any atom is -0.445 e. The molecule has 23 heavy (non-hydrogen) atoms. The van der Waals surface area contributed by atoms with E-state index in [1.807, 2.05) is 13.8 Å². The molecule has 3 aromatic rings. The van der Waals surface area contributed by atoms with Crippen LogP contribution in [0.25, 0.3) is 11.4 Å². The molecule has 120 valence electrons. The van der Waals surface area contributed by atoms with Gasteiger partial charge in [-0.3, -0.25) is 0 Å². The molecule has 0 aliphatic rings. The largest absolute Gasteiger partial charge is 0.471 e. The minimum absolute atomic E-state index is 0.105. The van der Waals surface area contributed by atoms with E-state index in [9.17, 15) is 13.2 Å². The Kier molecular flexibility index (Phi) is 3.67. The van der Waals surface area contributed by atoms with Gasteiger partial charge >= 0.3 is 12.1 Å². The number of hydrogen-bond donors (Lipinski definition) is 0. The highest BCUT2D eigenvalue weighted by molar-refractivity contribution is 5.54. The van der Waals surface area contributed by atoms with Gasteiger partial charge in [-0.05, 0) is 19.4 Å². The standard InChI is InChI=1S/C15H12F3N3O2/c1-8-9(2)22-12(19-8)7-10-3-5-11(6-4-10)13-20-14(23-21-13)15(16,17)18/h3-6H,7H2,1-2H3. The van der Waals surface area contributed by atoms with Crippen LogP contribution < -0.4 is 0 Å². The number of aryl methyl sites for hydroxylation is 2. The fraction of sp³-hybridized carbons (Fsp3) is 0.267. The maximum Gasteiger partial charge on any atom is 0.471 e. The minimum atomic E-state index is -4.65. The van der Waals surface area contributed by atoms with Gasteiger partial charge in [0.25, 0.3) is 0 Å². The Hall–Kier alpha value is -2.64. The highest BCUT2D eigenvalue weighted by Crippen LogP contribution is 2.29. The van der Waals surface area contributed by atoms with Crippen molar-refractivity contribution in [1.82, 2.24) is 15.1 Å². The molecule has 0 atom stereocenters. The zero-order chi connectivity index (χ0) is 16.6. The van der Waals surface area contributed by atoms with E-state index in [2.05, 4.69) is 19.6 Å². The summed E-state index contributed by atoms with van der Waals surface area (Å²) in [5.74, 6) is -0.108. The molecule has 3 rings (SSSR count). The van der Waals surface area contributed by atoms with Crippen LogP contribution in [0.3, 0.4) is 0 Å². The maximum absolute atomic E-state index is 12.4. The highest BCUT2D eigenvalue weighted by atomic mass is 19.4. The van der Waals surface area contributed by atoms with Gasteiger partial charge in [0.1, 0.15) is 5.76 Å². The lowest BCUT2D eigenvalue weighted by Crippen LogP contribution is -2.04. The first-order valence-corrected chi connectivity index (χ1v) is 6.76. The first kappa shape index (κ1) is 15.3. The van der Waals surface area contributed by atoms with E-state index in [4.69, 9.17) is 4.42 Å². The van der Waals surface area contributed by atoms with Crippen molar-refractivity contribution >= 4 is 0 Å². The summed E-state index contributed by atoms with van der Waals surface area (Å²) in [7, 11) is 0. The average Bonchev–Trinajstić information content (AvgIpc) is 3.07. The highest BCUT2D eigenvalue weighted by Gasteiger charge is 2.38. The predicted molar refractivity (Wildman–Crippen MR) is 73.5 cm³/mol. The second-order valence-corrected chi connectivity index (χ2v) is 5.04. The molecule has 0 spiro atoms. The summed E-state index contributed by atoms with van der Waals surface area (Å²) < 4.78 is 47.0. The number of hydrogen-bond acceptors (Lipinski definition) is 5. The molecule has 0 fully saturated rings. The van der Waals surface area contributed by atoms with Crippen LogP contribution in [0.4, 0.5) is 13.2 Å². The van der Waals surface area contributed by atoms with Gasteiger partial charge in [-0.2, -0.15) is 18.2 Å². The maximum atomic E-state index is 12.4. The lowest BCUT2D eigenvalue weighted by atomic mass is 10.1. The normalized spacial score (nSPS) is 11.9. The topological polar surface area (TPSA) is 65.0 Å². The summed E-state index contributed by atoms with van der Waals surface area (Å²) in [4.78, 5) is 7.63. The molecule has 8 heteroatoms. The molecule has 1 aromatic carbocycles. The van der Waals surface area contributed by atoms with Crippen molar-refractivity contribution in [2.45, 2.75) is 26.4 Å². The van der Waals surface area contributed by atoms with Crippen LogP contribution >= 0.6 is 0 Å². The molecule has 0 amide bonds. The first-order chi connectivity index (χ1) is 10.8. The lowest BCUT2D eigenvalue weighted by molar-refractivity contribution is -0.159. The fourth-order valence-corrected chi connectivity index (χ4v) is 2.02. The van der Waals surface area contributed by atoms with E-state index in [0.29, 0.717) is 17.9 Å². The number of aromatic nitrogens is 3. The number of rotatable bonds is 3. The monoisotopic (exact) mass is 323 g/mol. The molecule has 0 unspecified atom stereocenters. The lowest BCUT2D eigenvalue weighted by Gasteiger charge is -1.99. The van der Waals surface area contributed by atoms with Gasteiger partial charge in [0, 0.05) is 12.0 Å². The van der Waals surface area contributed by atoms with Crippen LogP contribution in [0.1, 0.15) is 28.8 Å². The van der Waals surface area contributed by atoms with Gasteiger partial charge in [0.15, 0.2) is 5.89 Å². The summed E-state index contributed by atoms with van der Waals surface area (Å²) in [6, 6.07) is 6.77. The van der Waals surface area contributed by atoms with E-state index in [1.54, 1.807) is 24.3 Å². The molecule has 0 aliphatic heterocycles. The zero-order valence-electron chi connectivity index (χ0n) is 12.3. The SMILES string of the molecule is Cc1nc(Cc2ccc(-c3noc(C(F)(F)F)n3)cc2)oc1C.